The highest BCUT2D eigenvalue weighted by Crippen LogP contribution is 2.42. The lowest BCUT2D eigenvalue weighted by Gasteiger charge is -2.36. The molecule has 18 heteroatoms. The molecule has 1 aromatic carbocycles. The van der Waals surface area contributed by atoms with Gasteiger partial charge in [0.05, 0.1) is 60.5 Å². The number of hydrogen-bond acceptors (Lipinski definition) is 13. The third-order valence-corrected chi connectivity index (χ3v) is 15.1. The van der Waals surface area contributed by atoms with Crippen molar-refractivity contribution in [3.05, 3.63) is 58.2 Å². The van der Waals surface area contributed by atoms with Crippen LogP contribution in [0.25, 0.3) is 33.4 Å². The number of aryl methyl sites for hydroxylation is 1. The van der Waals surface area contributed by atoms with Gasteiger partial charge in [0.1, 0.15) is 18.1 Å². The first-order valence-corrected chi connectivity index (χ1v) is 25.9. The molecule has 7 heterocycles. The van der Waals surface area contributed by atoms with E-state index < -0.39 is 47.2 Å². The Labute approximate surface area is 420 Å². The minimum absolute atomic E-state index is 0.0663. The number of aromatic nitrogens is 3. The van der Waals surface area contributed by atoms with Gasteiger partial charge in [-0.25, -0.2) is 10.4 Å². The van der Waals surface area contributed by atoms with Crippen molar-refractivity contribution < 1.29 is 38.2 Å². The van der Waals surface area contributed by atoms with E-state index in [9.17, 15) is 24.0 Å². The molecule has 6 bridgehead atoms. The van der Waals surface area contributed by atoms with Gasteiger partial charge in [-0.15, -0.1) is 11.3 Å². The number of nitrogens with zero attached hydrogens (tertiary/aromatic N) is 7. The first-order chi connectivity index (χ1) is 34.1. The summed E-state index contributed by atoms with van der Waals surface area (Å²) < 4.78 is 19.7. The smallest absolute Gasteiger partial charge is 0.324 e. The highest BCUT2D eigenvalue weighted by atomic mass is 32.1. The van der Waals surface area contributed by atoms with E-state index in [1.807, 2.05) is 32.2 Å². The van der Waals surface area contributed by atoms with Gasteiger partial charge < -0.3 is 33.9 Å². The summed E-state index contributed by atoms with van der Waals surface area (Å²) in [4.78, 5) is 85.6. The lowest BCUT2D eigenvalue weighted by molar-refractivity contribution is -0.155. The molecule has 71 heavy (non-hydrogen) atoms. The summed E-state index contributed by atoms with van der Waals surface area (Å²) in [7, 11) is 3.29. The van der Waals surface area contributed by atoms with Gasteiger partial charge in [-0.1, -0.05) is 39.7 Å². The van der Waals surface area contributed by atoms with Crippen molar-refractivity contribution in [2.45, 2.75) is 104 Å². The quantitative estimate of drug-likeness (QED) is 0.163. The van der Waals surface area contributed by atoms with Crippen LogP contribution in [0.2, 0.25) is 0 Å². The lowest BCUT2D eigenvalue weighted by atomic mass is 9.84. The van der Waals surface area contributed by atoms with Crippen molar-refractivity contribution in [3.8, 4) is 34.4 Å². The number of hydrogen-bond donors (Lipinski definition) is 2. The second-order valence-corrected chi connectivity index (χ2v) is 21.3. The predicted molar refractivity (Wildman–Crippen MR) is 270 cm³/mol. The maximum atomic E-state index is 14.7. The molecule has 0 spiro atoms. The van der Waals surface area contributed by atoms with Crippen molar-refractivity contribution in [1.29, 1.82) is 0 Å². The fourth-order valence-electron chi connectivity index (χ4n) is 10.4. The minimum Gasteiger partial charge on any atom is -0.464 e. The van der Waals surface area contributed by atoms with Gasteiger partial charge in [-0.05, 0) is 81.2 Å². The topological polar surface area (TPSA) is 181 Å². The molecule has 3 aromatic heterocycles. The number of likely N-dealkylation sites (tertiary alicyclic amines) is 1. The Kier molecular flexibility index (Phi) is 16.3. The molecule has 0 unspecified atom stereocenters. The number of carbonyl (C=O) groups excluding carboxylic acids is 5. The summed E-state index contributed by atoms with van der Waals surface area (Å²) in [6.45, 7) is 17.1. The lowest BCUT2D eigenvalue weighted by Crippen LogP contribution is -2.62. The number of ether oxygens (including phenoxy) is 3. The van der Waals surface area contributed by atoms with Gasteiger partial charge in [0.15, 0.2) is 0 Å². The van der Waals surface area contributed by atoms with Crippen molar-refractivity contribution in [2.24, 2.45) is 17.3 Å². The maximum Gasteiger partial charge on any atom is 0.324 e. The third kappa shape index (κ3) is 11.5. The number of amides is 4. The van der Waals surface area contributed by atoms with Gasteiger partial charge in [0.25, 0.3) is 11.8 Å². The van der Waals surface area contributed by atoms with E-state index in [0.29, 0.717) is 70.1 Å². The Morgan fingerprint density at radius 3 is 2.62 bits per heavy atom. The van der Waals surface area contributed by atoms with E-state index in [0.717, 1.165) is 57.8 Å². The van der Waals surface area contributed by atoms with E-state index in [4.69, 9.17) is 24.2 Å². The standard InChI is InChI=1S/C53H69N9O8S/c1-9-61-43-17-16-35-27-38(43)39(48(61)37-13-10-19-54-46(37)34(4)68-8)29-53(5,6)32-70-52(67)40-14-11-21-62(57-40)51(66)41(28-44-55-42(35)31-71-44)56-49(64)47(33(2)3)58(7)50(65)36-18-22-60(30-36)45(63)15-12-20-59-23-25-69-26-24-59/h10,13,16-17,19,27,31,33-34,36,40-41,47,57H,9,11,14,18,20-26,28-30,32H2,1-8H3,(H,56,64)/t34-,36-,40-,41-,47-/m0/s1. The first-order valence-electron chi connectivity index (χ1n) is 25.0. The number of methoxy groups -OCH3 is 1. The van der Waals surface area contributed by atoms with Gasteiger partial charge in [-0.3, -0.25) is 38.9 Å². The maximum absolute atomic E-state index is 14.7. The molecule has 4 amide bonds. The number of carbonyl (C=O) groups is 5. The van der Waals surface area contributed by atoms with Crippen molar-refractivity contribution in [1.82, 2.24) is 45.0 Å². The Morgan fingerprint density at radius 1 is 1.08 bits per heavy atom. The average molecular weight is 992 g/mol. The molecule has 4 aliphatic rings. The molecule has 5 atom stereocenters. The average Bonchev–Trinajstić information content (AvgIpc) is 4.13. The van der Waals surface area contributed by atoms with Crippen LogP contribution in [0.4, 0.5) is 0 Å². The van der Waals surface area contributed by atoms with Crippen molar-refractivity contribution in [3.63, 3.8) is 0 Å². The highest BCUT2D eigenvalue weighted by Gasteiger charge is 2.40. The molecule has 0 aliphatic carbocycles. The SMILES string of the molecule is CCn1c(-c2cccnc2[C@H](C)OC)c2c3cc(ccc31)-c1csc(n1)C[C@H](NC(=O)[C@H](C(C)C)N(C)C(=O)[C@H]1CCN(C(=O)C#CCN3CCOCC3)C1)C(=O)N1CCC[C@H](N1)C(=O)OCC(C)(C)C2. The number of hydrazine groups is 1. The van der Waals surface area contributed by atoms with Crippen LogP contribution in [0.5, 0.6) is 0 Å². The molecular formula is C53H69N9O8S. The van der Waals surface area contributed by atoms with Crippen LogP contribution in [0.3, 0.4) is 0 Å². The number of rotatable bonds is 10. The van der Waals surface area contributed by atoms with Crippen LogP contribution in [0.1, 0.15) is 83.2 Å². The zero-order valence-electron chi connectivity index (χ0n) is 42.4. The molecule has 2 N–H and O–H groups in total. The summed E-state index contributed by atoms with van der Waals surface area (Å²) in [6.07, 6.45) is 3.60. The number of cyclic esters (lactones) is 1. The van der Waals surface area contributed by atoms with Gasteiger partial charge in [-0.2, -0.15) is 0 Å². The third-order valence-electron chi connectivity index (χ3n) is 14.2. The zero-order chi connectivity index (χ0) is 50.6. The van der Waals surface area contributed by atoms with Crippen LogP contribution in [-0.2, 0) is 57.6 Å². The van der Waals surface area contributed by atoms with E-state index in [-0.39, 0.29) is 43.4 Å². The highest BCUT2D eigenvalue weighted by molar-refractivity contribution is 7.10. The molecule has 0 radical (unpaired) electrons. The molecule has 380 valence electrons. The molecule has 0 saturated carbocycles. The second-order valence-electron chi connectivity index (χ2n) is 20.3. The number of morpholine rings is 1. The Hall–Kier alpha value is -5.71. The van der Waals surface area contributed by atoms with E-state index in [1.165, 1.54) is 21.2 Å². The molecule has 8 rings (SSSR count). The summed E-state index contributed by atoms with van der Waals surface area (Å²) in [5.41, 5.74) is 9.24. The Balaban J connectivity index is 1.08. The summed E-state index contributed by atoms with van der Waals surface area (Å²) in [5.74, 6) is 2.92. The van der Waals surface area contributed by atoms with Gasteiger partial charge in [0.2, 0.25) is 11.8 Å². The first kappa shape index (κ1) is 51.6. The van der Waals surface area contributed by atoms with E-state index in [1.54, 1.807) is 25.3 Å². The summed E-state index contributed by atoms with van der Waals surface area (Å²) >= 11 is 1.40. The normalized spacial score (nSPS) is 21.8. The number of benzene rings is 1. The number of nitrogens with one attached hydrogen (secondary N) is 2. The largest absolute Gasteiger partial charge is 0.464 e. The number of esters is 1. The molecule has 3 fully saturated rings. The molecule has 17 nitrogen and oxygen atoms in total. The fraction of sp³-hybridized carbons (Fsp3) is 0.566. The molecule has 4 aliphatic heterocycles. The van der Waals surface area contributed by atoms with Gasteiger partial charge in [0, 0.05) is 98.9 Å². The van der Waals surface area contributed by atoms with Crippen LogP contribution in [0, 0.1) is 29.1 Å². The van der Waals surface area contributed by atoms with Crippen LogP contribution < -0.4 is 10.7 Å². The second kappa shape index (κ2) is 22.4. The number of fused-ring (bicyclic) bond motifs is 6. The summed E-state index contributed by atoms with van der Waals surface area (Å²) in [6, 6.07) is 7.58. The molecule has 3 saturated heterocycles. The predicted octanol–water partition coefficient (Wildman–Crippen LogP) is 4.87. The number of thiazole rings is 1. The fourth-order valence-corrected chi connectivity index (χ4v) is 11.2. The monoisotopic (exact) mass is 991 g/mol. The van der Waals surface area contributed by atoms with Crippen LogP contribution in [0.15, 0.2) is 41.9 Å². The van der Waals surface area contributed by atoms with Gasteiger partial charge >= 0.3 is 5.97 Å². The number of pyridine rings is 1. The van der Waals surface area contributed by atoms with E-state index >= 15 is 0 Å². The van der Waals surface area contributed by atoms with Crippen molar-refractivity contribution in [2.75, 3.05) is 73.2 Å². The van der Waals surface area contributed by atoms with Crippen LogP contribution >= 0.6 is 11.3 Å². The minimum atomic E-state index is -1.10. The summed E-state index contributed by atoms with van der Waals surface area (Å²) in [5, 5.41) is 8.11. The molecular weight excluding hydrogens is 923 g/mol. The Morgan fingerprint density at radius 2 is 1.87 bits per heavy atom. The van der Waals surface area contributed by atoms with E-state index in [2.05, 4.69) is 77.1 Å². The zero-order valence-corrected chi connectivity index (χ0v) is 43.2. The van der Waals surface area contributed by atoms with Crippen LogP contribution in [-0.4, -0.2) is 155 Å². The number of likely N-dealkylation sites (N-methyl/N-ethyl adjacent to an activating group) is 1. The molecule has 4 aromatic rings. The Bertz CT molecular complexity index is 2680. The van der Waals surface area contributed by atoms with Crippen molar-refractivity contribution >= 4 is 51.8 Å².